The molecule has 5 heteroatoms. The Morgan fingerprint density at radius 1 is 1.04 bits per heavy atom. The first-order valence-electron chi connectivity index (χ1n) is 7.55. The van der Waals surface area contributed by atoms with E-state index < -0.39 is 0 Å². The lowest BCUT2D eigenvalue weighted by Crippen LogP contribution is -2.17. The lowest BCUT2D eigenvalue weighted by Gasteiger charge is -2.08. The lowest BCUT2D eigenvalue weighted by molar-refractivity contribution is 0.0951. The van der Waals surface area contributed by atoms with E-state index >= 15 is 0 Å². The van der Waals surface area contributed by atoms with E-state index in [1.54, 1.807) is 24.5 Å². The minimum absolute atomic E-state index is 0.293. The summed E-state index contributed by atoms with van der Waals surface area (Å²) in [6.45, 7) is 0.473. The molecular formula is C19H17N3O2. The van der Waals surface area contributed by atoms with Crippen molar-refractivity contribution in [1.29, 1.82) is 0 Å². The zero-order valence-corrected chi connectivity index (χ0v) is 13.0. The smallest absolute Gasteiger partial charge is 0.287 e. The van der Waals surface area contributed by atoms with Crippen LogP contribution in [0.15, 0.2) is 78.0 Å². The third-order valence-electron chi connectivity index (χ3n) is 3.37. The van der Waals surface area contributed by atoms with Gasteiger partial charge in [-0.3, -0.25) is 4.79 Å². The lowest BCUT2D eigenvalue weighted by atomic mass is 10.2. The highest BCUT2D eigenvalue weighted by atomic mass is 16.5. The van der Waals surface area contributed by atoms with E-state index in [0.29, 0.717) is 18.1 Å². The Hall–Kier alpha value is -3.34. The van der Waals surface area contributed by atoms with Crippen molar-refractivity contribution in [2.75, 3.05) is 0 Å². The summed E-state index contributed by atoms with van der Waals surface area (Å²) in [6.07, 6.45) is 3.26. The Labute approximate surface area is 140 Å². The molecule has 3 aromatic rings. The molecule has 1 aromatic heterocycles. The van der Waals surface area contributed by atoms with Crippen LogP contribution < -0.4 is 10.2 Å². The highest BCUT2D eigenvalue weighted by Gasteiger charge is 2.04. The Morgan fingerprint density at radius 2 is 1.83 bits per heavy atom. The van der Waals surface area contributed by atoms with Gasteiger partial charge in [-0.05, 0) is 29.8 Å². The molecule has 0 saturated carbocycles. The average molecular weight is 319 g/mol. The molecule has 0 spiro atoms. The van der Waals surface area contributed by atoms with Gasteiger partial charge in [0, 0.05) is 11.8 Å². The van der Waals surface area contributed by atoms with E-state index in [4.69, 9.17) is 4.74 Å². The minimum Gasteiger partial charge on any atom is -0.488 e. The van der Waals surface area contributed by atoms with Gasteiger partial charge in [-0.25, -0.2) is 5.43 Å². The molecule has 0 bridgehead atoms. The third-order valence-corrected chi connectivity index (χ3v) is 3.37. The number of rotatable bonds is 6. The van der Waals surface area contributed by atoms with Crippen LogP contribution in [0.25, 0.3) is 0 Å². The van der Waals surface area contributed by atoms with Crippen LogP contribution in [0.1, 0.15) is 21.6 Å². The second kappa shape index (κ2) is 7.78. The summed E-state index contributed by atoms with van der Waals surface area (Å²) in [5.41, 5.74) is 4.82. The second-order valence-corrected chi connectivity index (χ2v) is 5.10. The zero-order valence-electron chi connectivity index (χ0n) is 13.0. The summed E-state index contributed by atoms with van der Waals surface area (Å²) in [6, 6.07) is 20.9. The Morgan fingerprint density at radius 3 is 2.62 bits per heavy atom. The number of carbonyl (C=O) groups excluding carboxylic acids is 1. The number of aromatic nitrogens is 1. The van der Waals surface area contributed by atoms with E-state index in [0.717, 1.165) is 11.1 Å². The normalized spacial score (nSPS) is 10.7. The number of nitrogens with one attached hydrogen (secondary N) is 2. The molecule has 24 heavy (non-hydrogen) atoms. The van der Waals surface area contributed by atoms with Crippen molar-refractivity contribution in [3.63, 3.8) is 0 Å². The molecule has 0 aliphatic heterocycles. The van der Waals surface area contributed by atoms with Gasteiger partial charge < -0.3 is 9.72 Å². The van der Waals surface area contributed by atoms with Crippen molar-refractivity contribution in [1.82, 2.24) is 10.4 Å². The Balaban J connectivity index is 1.63. The maximum atomic E-state index is 11.8. The van der Waals surface area contributed by atoms with Gasteiger partial charge in [-0.15, -0.1) is 0 Å². The maximum absolute atomic E-state index is 11.8. The van der Waals surface area contributed by atoms with E-state index in [9.17, 15) is 4.79 Å². The fourth-order valence-electron chi connectivity index (χ4n) is 2.15. The van der Waals surface area contributed by atoms with Crippen LogP contribution in [0.4, 0.5) is 0 Å². The van der Waals surface area contributed by atoms with Crippen molar-refractivity contribution >= 4 is 12.1 Å². The van der Waals surface area contributed by atoms with Gasteiger partial charge in [0.1, 0.15) is 18.1 Å². The van der Waals surface area contributed by atoms with Crippen molar-refractivity contribution in [3.05, 3.63) is 89.7 Å². The second-order valence-electron chi connectivity index (χ2n) is 5.10. The van der Waals surface area contributed by atoms with Crippen LogP contribution in [0.2, 0.25) is 0 Å². The maximum Gasteiger partial charge on any atom is 0.287 e. The number of nitrogens with zero attached hydrogens (tertiary/aromatic N) is 1. The van der Waals surface area contributed by atoms with Gasteiger partial charge in [-0.1, -0.05) is 42.5 Å². The summed E-state index contributed by atoms with van der Waals surface area (Å²) in [5, 5.41) is 3.99. The van der Waals surface area contributed by atoms with Gasteiger partial charge in [0.05, 0.1) is 6.21 Å². The number of amides is 1. The van der Waals surface area contributed by atoms with Crippen LogP contribution >= 0.6 is 0 Å². The Bertz CT molecular complexity index is 812. The summed E-state index contributed by atoms with van der Waals surface area (Å²) >= 11 is 0. The van der Waals surface area contributed by atoms with E-state index in [1.807, 2.05) is 54.6 Å². The minimum atomic E-state index is -0.293. The fourth-order valence-corrected chi connectivity index (χ4v) is 2.15. The molecule has 0 saturated heterocycles. The van der Waals surface area contributed by atoms with Gasteiger partial charge in [0.2, 0.25) is 0 Å². The monoisotopic (exact) mass is 319 g/mol. The van der Waals surface area contributed by atoms with Gasteiger partial charge in [0.25, 0.3) is 5.91 Å². The average Bonchev–Trinajstić information content (AvgIpc) is 3.16. The summed E-state index contributed by atoms with van der Waals surface area (Å²) in [7, 11) is 0. The molecule has 0 atom stereocenters. The van der Waals surface area contributed by atoms with Crippen LogP contribution in [-0.2, 0) is 6.61 Å². The highest BCUT2D eigenvalue weighted by molar-refractivity contribution is 5.93. The summed E-state index contributed by atoms with van der Waals surface area (Å²) in [4.78, 5) is 14.6. The first-order chi connectivity index (χ1) is 11.8. The van der Waals surface area contributed by atoms with E-state index in [-0.39, 0.29) is 5.91 Å². The SMILES string of the molecule is O=C(N/N=C\c1ccccc1OCc1ccccc1)c1ccc[nH]1. The molecule has 0 fully saturated rings. The van der Waals surface area contributed by atoms with Gasteiger partial charge in [0.15, 0.2) is 0 Å². The first-order valence-corrected chi connectivity index (χ1v) is 7.55. The van der Waals surface area contributed by atoms with Crippen LogP contribution in [0.3, 0.4) is 0 Å². The number of carbonyl (C=O) groups is 1. The van der Waals surface area contributed by atoms with E-state index in [2.05, 4.69) is 15.5 Å². The fraction of sp³-hybridized carbons (Fsp3) is 0.0526. The van der Waals surface area contributed by atoms with Crippen molar-refractivity contribution in [2.24, 2.45) is 5.10 Å². The van der Waals surface area contributed by atoms with Crippen LogP contribution in [-0.4, -0.2) is 17.1 Å². The number of para-hydroxylation sites is 1. The van der Waals surface area contributed by atoms with Crippen LogP contribution in [0.5, 0.6) is 5.75 Å². The van der Waals surface area contributed by atoms with Gasteiger partial charge >= 0.3 is 0 Å². The molecule has 120 valence electrons. The highest BCUT2D eigenvalue weighted by Crippen LogP contribution is 2.17. The van der Waals surface area contributed by atoms with Crippen molar-refractivity contribution in [2.45, 2.75) is 6.61 Å². The molecule has 0 aliphatic rings. The number of H-pyrrole nitrogens is 1. The number of ether oxygens (including phenoxy) is 1. The number of hydrazone groups is 1. The number of aromatic amines is 1. The number of hydrogen-bond acceptors (Lipinski definition) is 3. The molecule has 0 aliphatic carbocycles. The van der Waals surface area contributed by atoms with Gasteiger partial charge in [-0.2, -0.15) is 5.10 Å². The van der Waals surface area contributed by atoms with Crippen LogP contribution in [0, 0.1) is 0 Å². The summed E-state index contributed by atoms with van der Waals surface area (Å²) in [5.74, 6) is 0.415. The number of hydrogen-bond donors (Lipinski definition) is 2. The Kier molecular flexibility index (Phi) is 5.04. The molecule has 2 aromatic carbocycles. The predicted octanol–water partition coefficient (Wildman–Crippen LogP) is 3.36. The third kappa shape index (κ3) is 4.10. The molecule has 0 radical (unpaired) electrons. The predicted molar refractivity (Wildman–Crippen MR) is 93.1 cm³/mol. The van der Waals surface area contributed by atoms with Crippen molar-refractivity contribution < 1.29 is 9.53 Å². The number of benzene rings is 2. The topological polar surface area (TPSA) is 66.5 Å². The quantitative estimate of drug-likeness (QED) is 0.540. The largest absolute Gasteiger partial charge is 0.488 e. The molecule has 3 rings (SSSR count). The molecule has 2 N–H and O–H groups in total. The molecule has 0 unspecified atom stereocenters. The molecular weight excluding hydrogens is 302 g/mol. The molecule has 5 nitrogen and oxygen atoms in total. The zero-order chi connectivity index (χ0) is 16.6. The van der Waals surface area contributed by atoms with Crippen molar-refractivity contribution in [3.8, 4) is 5.75 Å². The summed E-state index contributed by atoms with van der Waals surface area (Å²) < 4.78 is 5.84. The molecule has 1 amide bonds. The molecule has 1 heterocycles. The standard InChI is InChI=1S/C19H17N3O2/c23-19(17-10-6-12-20-17)22-21-13-16-9-4-5-11-18(16)24-14-15-7-2-1-3-8-15/h1-13,20H,14H2,(H,22,23)/b21-13-. The van der Waals surface area contributed by atoms with E-state index in [1.165, 1.54) is 0 Å². The first kappa shape index (κ1) is 15.6.